The molecule has 0 radical (unpaired) electrons. The third-order valence-corrected chi connectivity index (χ3v) is 5.51. The van der Waals surface area contributed by atoms with Crippen LogP contribution in [-0.2, 0) is 9.59 Å². The van der Waals surface area contributed by atoms with E-state index >= 15 is 0 Å². The number of anilines is 2. The number of carbonyl (C=O) groups excluding carboxylic acids is 2. The van der Waals surface area contributed by atoms with Crippen LogP contribution in [0.1, 0.15) is 12.5 Å². The highest BCUT2D eigenvalue weighted by atomic mass is 16.2. The van der Waals surface area contributed by atoms with E-state index in [9.17, 15) is 9.59 Å². The maximum Gasteiger partial charge on any atom is 0.280 e. The minimum Gasteiger partial charge on any atom is -0.331 e. The van der Waals surface area contributed by atoms with Gasteiger partial charge in [-0.1, -0.05) is 23.8 Å². The van der Waals surface area contributed by atoms with Crippen LogP contribution in [0, 0.1) is 6.92 Å². The molecule has 29 heavy (non-hydrogen) atoms. The van der Waals surface area contributed by atoms with E-state index < -0.39 is 0 Å². The molecule has 2 heterocycles. The number of likely N-dealkylation sites (N-methyl/N-ethyl adjacent to an activating group) is 1. The lowest BCUT2D eigenvalue weighted by Gasteiger charge is -2.33. The molecule has 0 bridgehead atoms. The van der Waals surface area contributed by atoms with Crippen LogP contribution in [0.25, 0.3) is 0 Å². The van der Waals surface area contributed by atoms with Gasteiger partial charge in [-0.3, -0.25) is 14.5 Å². The summed E-state index contributed by atoms with van der Waals surface area (Å²) >= 11 is 0. The zero-order valence-electron chi connectivity index (χ0n) is 17.4. The van der Waals surface area contributed by atoms with E-state index in [-0.39, 0.29) is 24.4 Å². The molecule has 3 N–H and O–H groups in total. The normalized spacial score (nSPS) is 15.6. The van der Waals surface area contributed by atoms with Crippen LogP contribution < -0.4 is 20.1 Å². The van der Waals surface area contributed by atoms with Crippen molar-refractivity contribution in [3.8, 4) is 0 Å². The second-order valence-electron chi connectivity index (χ2n) is 7.72. The summed E-state index contributed by atoms with van der Waals surface area (Å²) < 4.78 is 0. The van der Waals surface area contributed by atoms with E-state index in [0.717, 1.165) is 43.2 Å². The van der Waals surface area contributed by atoms with Crippen molar-refractivity contribution in [1.82, 2.24) is 4.90 Å². The van der Waals surface area contributed by atoms with Gasteiger partial charge in [0.05, 0.1) is 12.7 Å². The van der Waals surface area contributed by atoms with E-state index in [1.54, 1.807) is 7.05 Å². The second-order valence-corrected chi connectivity index (χ2v) is 7.72. The molecule has 2 amide bonds. The first-order chi connectivity index (χ1) is 13.9. The number of nitrogens with one attached hydrogen (secondary N) is 3. The number of piperazine rings is 1. The van der Waals surface area contributed by atoms with Crippen LogP contribution in [0.4, 0.5) is 11.5 Å². The summed E-state index contributed by atoms with van der Waals surface area (Å²) in [6.45, 7) is 7.57. The van der Waals surface area contributed by atoms with Gasteiger partial charge in [0, 0.05) is 18.8 Å². The monoisotopic (exact) mass is 397 g/mol. The van der Waals surface area contributed by atoms with Gasteiger partial charge in [-0.2, -0.15) is 0 Å². The number of rotatable bonds is 6. The van der Waals surface area contributed by atoms with Crippen molar-refractivity contribution in [2.45, 2.75) is 19.9 Å². The Morgan fingerprint density at radius 2 is 1.86 bits per heavy atom. The molecule has 0 saturated carbocycles. The molecule has 1 aromatic carbocycles. The van der Waals surface area contributed by atoms with E-state index in [0.29, 0.717) is 0 Å². The highest BCUT2D eigenvalue weighted by molar-refractivity contribution is 5.94. The summed E-state index contributed by atoms with van der Waals surface area (Å²) in [7, 11) is 1.70. The maximum absolute atomic E-state index is 12.8. The summed E-state index contributed by atoms with van der Waals surface area (Å²) in [6, 6.07) is 13.5. The van der Waals surface area contributed by atoms with Gasteiger partial charge in [0.1, 0.15) is 26.2 Å². The van der Waals surface area contributed by atoms with Gasteiger partial charge < -0.3 is 15.1 Å². The number of amides is 2. The van der Waals surface area contributed by atoms with E-state index in [1.807, 2.05) is 56.4 Å². The number of quaternary nitrogens is 1. The lowest BCUT2D eigenvalue weighted by atomic mass is 10.2. The fourth-order valence-electron chi connectivity index (χ4n) is 3.68. The van der Waals surface area contributed by atoms with Crippen molar-refractivity contribution in [2.24, 2.45) is 0 Å². The zero-order chi connectivity index (χ0) is 20.8. The molecule has 7 nitrogen and oxygen atoms in total. The van der Waals surface area contributed by atoms with Gasteiger partial charge >= 0.3 is 0 Å². The first-order valence-corrected chi connectivity index (χ1v) is 10.1. The average Bonchev–Trinajstić information content (AvgIpc) is 2.75. The molecular weight excluding hydrogens is 366 g/mol. The molecule has 3 rings (SSSR count). The highest BCUT2D eigenvalue weighted by Crippen LogP contribution is 2.08. The van der Waals surface area contributed by atoms with Crippen LogP contribution in [-0.4, -0.2) is 62.5 Å². The van der Waals surface area contributed by atoms with Crippen LogP contribution in [0.3, 0.4) is 0 Å². The maximum atomic E-state index is 12.8. The Labute approximate surface area is 172 Å². The van der Waals surface area contributed by atoms with Crippen molar-refractivity contribution in [3.63, 3.8) is 0 Å². The largest absolute Gasteiger partial charge is 0.331 e. The highest BCUT2D eigenvalue weighted by Gasteiger charge is 2.34. The minimum atomic E-state index is -0.184. The van der Waals surface area contributed by atoms with Gasteiger partial charge in [0.25, 0.3) is 11.7 Å². The fraction of sp³-hybridized carbons (Fsp3) is 0.409. The Balaban J connectivity index is 1.48. The summed E-state index contributed by atoms with van der Waals surface area (Å²) in [4.78, 5) is 33.5. The number of carbonyl (C=O) groups is 2. The predicted octanol–water partition coefficient (Wildman–Crippen LogP) is -0.000380. The summed E-state index contributed by atoms with van der Waals surface area (Å²) in [5.74, 6) is 0.922. The first kappa shape index (κ1) is 20.8. The smallest absolute Gasteiger partial charge is 0.280 e. The summed E-state index contributed by atoms with van der Waals surface area (Å²) in [5.41, 5.74) is 1.88. The number of aromatic amines is 1. The molecular formula is C22H31N5O2+2. The molecule has 1 aliphatic heterocycles. The molecule has 7 heteroatoms. The molecule has 1 fully saturated rings. The first-order valence-electron chi connectivity index (χ1n) is 10.1. The second kappa shape index (κ2) is 9.52. The molecule has 1 saturated heterocycles. The molecule has 1 aliphatic rings. The zero-order valence-corrected chi connectivity index (χ0v) is 17.4. The summed E-state index contributed by atoms with van der Waals surface area (Å²) in [6.07, 6.45) is 1.93. The lowest BCUT2D eigenvalue weighted by molar-refractivity contribution is -0.915. The number of aryl methyl sites for hydroxylation is 1. The van der Waals surface area contributed by atoms with Crippen molar-refractivity contribution >= 4 is 23.3 Å². The van der Waals surface area contributed by atoms with Gasteiger partial charge in [-0.05, 0) is 32.0 Å². The third kappa shape index (κ3) is 5.54. The molecule has 1 aromatic heterocycles. The number of benzene rings is 1. The number of nitrogens with zero attached hydrogens (tertiary/aromatic N) is 2. The number of hydrogen-bond acceptors (Lipinski definition) is 3. The van der Waals surface area contributed by atoms with Crippen molar-refractivity contribution in [3.05, 3.63) is 54.2 Å². The number of aromatic nitrogens is 1. The van der Waals surface area contributed by atoms with Crippen LogP contribution in [0.15, 0.2) is 48.7 Å². The van der Waals surface area contributed by atoms with Gasteiger partial charge in [-0.15, -0.1) is 0 Å². The Morgan fingerprint density at radius 3 is 2.48 bits per heavy atom. The molecule has 0 unspecified atom stereocenters. The van der Waals surface area contributed by atoms with Gasteiger partial charge in [-0.25, -0.2) is 4.98 Å². The van der Waals surface area contributed by atoms with Crippen LogP contribution >= 0.6 is 0 Å². The van der Waals surface area contributed by atoms with Crippen molar-refractivity contribution < 1.29 is 19.5 Å². The quantitative estimate of drug-likeness (QED) is 0.721. The SMILES string of the molecule is Cc1ccc(NC(=O)CN(C)C(=O)[C@H](C)[NH+]2CCN(c3cccc[nH+]3)CC2)cc1. The Bertz CT molecular complexity index is 817. The molecule has 0 aliphatic carbocycles. The third-order valence-electron chi connectivity index (χ3n) is 5.51. The molecule has 1 atom stereocenters. The topological polar surface area (TPSA) is 71.2 Å². The predicted molar refractivity (Wildman–Crippen MR) is 113 cm³/mol. The lowest BCUT2D eigenvalue weighted by Crippen LogP contribution is -3.19. The van der Waals surface area contributed by atoms with Gasteiger partial charge in [0.15, 0.2) is 6.04 Å². The summed E-state index contributed by atoms with van der Waals surface area (Å²) in [5, 5.41) is 2.85. The van der Waals surface area contributed by atoms with E-state index in [1.165, 1.54) is 9.80 Å². The van der Waals surface area contributed by atoms with Crippen LogP contribution in [0.5, 0.6) is 0 Å². The average molecular weight is 398 g/mol. The standard InChI is InChI=1S/C22H29N5O2/c1-17-7-9-19(10-8-17)24-21(28)16-25(3)22(29)18(2)26-12-14-27(15-13-26)20-6-4-5-11-23-20/h4-11,18H,12-16H2,1-3H3,(H,24,28)/p+2/t18-/m0/s1. The van der Waals surface area contributed by atoms with E-state index in [2.05, 4.69) is 21.3 Å². The molecule has 0 spiro atoms. The Morgan fingerprint density at radius 1 is 1.17 bits per heavy atom. The molecule has 154 valence electrons. The van der Waals surface area contributed by atoms with Gasteiger partial charge in [0.2, 0.25) is 5.91 Å². The number of H-pyrrole nitrogens is 1. The van der Waals surface area contributed by atoms with Crippen molar-refractivity contribution in [2.75, 3.05) is 50.0 Å². The Hall–Kier alpha value is -2.93. The van der Waals surface area contributed by atoms with Crippen LogP contribution in [0.2, 0.25) is 0 Å². The Kier molecular flexibility index (Phi) is 6.82. The van der Waals surface area contributed by atoms with E-state index in [4.69, 9.17) is 0 Å². The minimum absolute atomic E-state index is 0.00113. The fourth-order valence-corrected chi connectivity index (χ4v) is 3.68. The van der Waals surface area contributed by atoms with Crippen molar-refractivity contribution in [1.29, 1.82) is 0 Å². The molecule has 2 aromatic rings. The number of pyridine rings is 1. The number of hydrogen-bond donors (Lipinski definition) is 2.